The molecule has 110 valence electrons. The summed E-state index contributed by atoms with van der Waals surface area (Å²) in [5, 5.41) is 2.63. The Kier molecular flexibility index (Phi) is 4.90. The number of nitrogens with two attached hydrogens (primary N) is 1. The maximum Gasteiger partial charge on any atom is 0.262 e. The maximum absolute atomic E-state index is 12.8. The molecule has 0 aliphatic heterocycles. The SMILES string of the molecule is Cc1ccc(CN)cc1OCC(=O)Nc1ccc(F)cc1. The molecule has 0 heterocycles. The molecule has 0 aliphatic rings. The predicted octanol–water partition coefficient (Wildman–Crippen LogP) is 2.61. The average Bonchev–Trinajstić information content (AvgIpc) is 2.49. The zero-order valence-corrected chi connectivity index (χ0v) is 11.7. The smallest absolute Gasteiger partial charge is 0.262 e. The second-order valence-electron chi connectivity index (χ2n) is 4.65. The number of amides is 1. The van der Waals surface area contributed by atoms with E-state index in [9.17, 15) is 9.18 Å². The second kappa shape index (κ2) is 6.85. The van der Waals surface area contributed by atoms with E-state index >= 15 is 0 Å². The molecule has 0 bridgehead atoms. The molecule has 4 nitrogen and oxygen atoms in total. The summed E-state index contributed by atoms with van der Waals surface area (Å²) in [5.74, 6) is -0.0233. The summed E-state index contributed by atoms with van der Waals surface area (Å²) in [4.78, 5) is 11.8. The van der Waals surface area contributed by atoms with E-state index in [1.165, 1.54) is 24.3 Å². The number of benzene rings is 2. The summed E-state index contributed by atoms with van der Waals surface area (Å²) >= 11 is 0. The molecule has 3 N–H and O–H groups in total. The van der Waals surface area contributed by atoms with E-state index in [0.717, 1.165) is 11.1 Å². The van der Waals surface area contributed by atoms with Gasteiger partial charge in [0.2, 0.25) is 0 Å². The summed E-state index contributed by atoms with van der Waals surface area (Å²) in [5.41, 5.74) is 7.97. The number of hydrogen-bond donors (Lipinski definition) is 2. The van der Waals surface area contributed by atoms with Crippen LogP contribution in [0, 0.1) is 12.7 Å². The van der Waals surface area contributed by atoms with Gasteiger partial charge < -0.3 is 15.8 Å². The third kappa shape index (κ3) is 4.29. The number of ether oxygens (including phenoxy) is 1. The number of anilines is 1. The van der Waals surface area contributed by atoms with Crippen LogP contribution in [0.4, 0.5) is 10.1 Å². The number of carbonyl (C=O) groups is 1. The molecule has 2 rings (SSSR count). The van der Waals surface area contributed by atoms with Gasteiger partial charge in [0.05, 0.1) is 0 Å². The normalized spacial score (nSPS) is 10.2. The molecule has 5 heteroatoms. The van der Waals surface area contributed by atoms with Crippen LogP contribution in [0.15, 0.2) is 42.5 Å². The van der Waals surface area contributed by atoms with Crippen molar-refractivity contribution >= 4 is 11.6 Å². The van der Waals surface area contributed by atoms with Gasteiger partial charge in [-0.25, -0.2) is 4.39 Å². The van der Waals surface area contributed by atoms with Crippen LogP contribution in [0.2, 0.25) is 0 Å². The summed E-state index contributed by atoms with van der Waals surface area (Å²) in [6.07, 6.45) is 0. The van der Waals surface area contributed by atoms with E-state index in [0.29, 0.717) is 18.0 Å². The summed E-state index contributed by atoms with van der Waals surface area (Å²) in [7, 11) is 0. The van der Waals surface area contributed by atoms with Gasteiger partial charge in [0, 0.05) is 12.2 Å². The Morgan fingerprint density at radius 2 is 1.95 bits per heavy atom. The lowest BCUT2D eigenvalue weighted by molar-refractivity contribution is -0.118. The summed E-state index contributed by atoms with van der Waals surface area (Å²) < 4.78 is 18.3. The first-order valence-corrected chi connectivity index (χ1v) is 6.56. The van der Waals surface area contributed by atoms with Crippen LogP contribution >= 0.6 is 0 Å². The number of nitrogens with one attached hydrogen (secondary N) is 1. The van der Waals surface area contributed by atoms with Gasteiger partial charge in [-0.1, -0.05) is 12.1 Å². The lowest BCUT2D eigenvalue weighted by atomic mass is 10.1. The van der Waals surface area contributed by atoms with Crippen molar-refractivity contribution in [1.29, 1.82) is 0 Å². The van der Waals surface area contributed by atoms with E-state index in [-0.39, 0.29) is 18.3 Å². The van der Waals surface area contributed by atoms with Crippen molar-refractivity contribution in [2.75, 3.05) is 11.9 Å². The molecule has 2 aromatic carbocycles. The summed E-state index contributed by atoms with van der Waals surface area (Å²) in [6.45, 7) is 2.19. The molecule has 0 aromatic heterocycles. The van der Waals surface area contributed by atoms with Crippen molar-refractivity contribution in [2.24, 2.45) is 5.73 Å². The van der Waals surface area contributed by atoms with E-state index < -0.39 is 0 Å². The molecule has 0 saturated carbocycles. The number of halogens is 1. The Labute approximate surface area is 122 Å². The molecular formula is C16H17FN2O2. The highest BCUT2D eigenvalue weighted by atomic mass is 19.1. The highest BCUT2D eigenvalue weighted by Gasteiger charge is 2.06. The van der Waals surface area contributed by atoms with Crippen molar-refractivity contribution in [3.8, 4) is 5.75 Å². The average molecular weight is 288 g/mol. The van der Waals surface area contributed by atoms with E-state index in [4.69, 9.17) is 10.5 Å². The quantitative estimate of drug-likeness (QED) is 0.889. The van der Waals surface area contributed by atoms with E-state index in [1.807, 2.05) is 25.1 Å². The van der Waals surface area contributed by atoms with Gasteiger partial charge >= 0.3 is 0 Å². The van der Waals surface area contributed by atoms with Gasteiger partial charge in [-0.2, -0.15) is 0 Å². The van der Waals surface area contributed by atoms with Crippen LogP contribution < -0.4 is 15.8 Å². The topological polar surface area (TPSA) is 64.3 Å². The summed E-state index contributed by atoms with van der Waals surface area (Å²) in [6, 6.07) is 11.2. The Morgan fingerprint density at radius 3 is 2.62 bits per heavy atom. The number of aryl methyl sites for hydroxylation is 1. The van der Waals surface area contributed by atoms with Crippen LogP contribution in [0.1, 0.15) is 11.1 Å². The largest absolute Gasteiger partial charge is 0.483 e. The molecule has 0 spiro atoms. The first-order valence-electron chi connectivity index (χ1n) is 6.56. The molecular weight excluding hydrogens is 271 g/mol. The lowest BCUT2D eigenvalue weighted by Gasteiger charge is -2.11. The van der Waals surface area contributed by atoms with Crippen LogP contribution in [0.5, 0.6) is 5.75 Å². The Hall–Kier alpha value is -2.40. The minimum absolute atomic E-state index is 0.119. The molecule has 21 heavy (non-hydrogen) atoms. The van der Waals surface area contributed by atoms with Crippen LogP contribution in [-0.4, -0.2) is 12.5 Å². The number of carbonyl (C=O) groups excluding carboxylic acids is 1. The lowest BCUT2D eigenvalue weighted by Crippen LogP contribution is -2.20. The maximum atomic E-state index is 12.8. The fourth-order valence-electron chi connectivity index (χ4n) is 1.80. The van der Waals surface area contributed by atoms with Gasteiger partial charge in [0.25, 0.3) is 5.91 Å². The molecule has 0 aliphatic carbocycles. The predicted molar refractivity (Wildman–Crippen MR) is 79.6 cm³/mol. The Morgan fingerprint density at radius 1 is 1.24 bits per heavy atom. The van der Waals surface area contributed by atoms with Gasteiger partial charge in [-0.15, -0.1) is 0 Å². The highest BCUT2D eigenvalue weighted by molar-refractivity contribution is 5.91. The first-order chi connectivity index (χ1) is 10.1. The van der Waals surface area contributed by atoms with Crippen molar-refractivity contribution in [1.82, 2.24) is 0 Å². The Balaban J connectivity index is 1.93. The standard InChI is InChI=1S/C16H17FN2O2/c1-11-2-3-12(9-18)8-15(11)21-10-16(20)19-14-6-4-13(17)5-7-14/h2-8H,9-10,18H2,1H3,(H,19,20). The molecule has 0 radical (unpaired) electrons. The minimum atomic E-state index is -0.349. The van der Waals surface area contributed by atoms with Crippen LogP contribution in [0.25, 0.3) is 0 Å². The van der Waals surface area contributed by atoms with Crippen LogP contribution in [0.3, 0.4) is 0 Å². The van der Waals surface area contributed by atoms with E-state index in [2.05, 4.69) is 5.32 Å². The molecule has 2 aromatic rings. The minimum Gasteiger partial charge on any atom is -0.483 e. The highest BCUT2D eigenvalue weighted by Crippen LogP contribution is 2.19. The molecule has 0 fully saturated rings. The van der Waals surface area contributed by atoms with Gasteiger partial charge in [0.1, 0.15) is 11.6 Å². The zero-order valence-electron chi connectivity index (χ0n) is 11.7. The third-order valence-electron chi connectivity index (χ3n) is 2.98. The molecule has 0 saturated heterocycles. The van der Waals surface area contributed by atoms with Gasteiger partial charge in [-0.05, 0) is 48.4 Å². The zero-order chi connectivity index (χ0) is 15.2. The first kappa shape index (κ1) is 15.0. The van der Waals surface area contributed by atoms with Crippen LogP contribution in [-0.2, 0) is 11.3 Å². The van der Waals surface area contributed by atoms with Crippen molar-refractivity contribution in [2.45, 2.75) is 13.5 Å². The van der Waals surface area contributed by atoms with Crippen molar-refractivity contribution in [3.05, 3.63) is 59.4 Å². The fraction of sp³-hybridized carbons (Fsp3) is 0.188. The van der Waals surface area contributed by atoms with Gasteiger partial charge in [0.15, 0.2) is 6.61 Å². The van der Waals surface area contributed by atoms with E-state index in [1.54, 1.807) is 0 Å². The molecule has 0 atom stereocenters. The molecule has 1 amide bonds. The fourth-order valence-corrected chi connectivity index (χ4v) is 1.80. The monoisotopic (exact) mass is 288 g/mol. The molecule has 0 unspecified atom stereocenters. The Bertz CT molecular complexity index is 627. The van der Waals surface area contributed by atoms with Crippen molar-refractivity contribution in [3.63, 3.8) is 0 Å². The third-order valence-corrected chi connectivity index (χ3v) is 2.98. The van der Waals surface area contributed by atoms with Gasteiger partial charge in [-0.3, -0.25) is 4.79 Å². The number of rotatable bonds is 5. The number of hydrogen-bond acceptors (Lipinski definition) is 3. The van der Waals surface area contributed by atoms with Crippen molar-refractivity contribution < 1.29 is 13.9 Å². The second-order valence-corrected chi connectivity index (χ2v) is 4.65.